The molecule has 1 heteroatoms. The van der Waals surface area contributed by atoms with Crippen LogP contribution in [0.15, 0.2) is 11.6 Å². The summed E-state index contributed by atoms with van der Waals surface area (Å²) in [5, 5.41) is 1.47. The molecule has 0 aromatic heterocycles. The van der Waals surface area contributed by atoms with Crippen LogP contribution in [0.1, 0.15) is 41.0 Å². The first-order chi connectivity index (χ1) is 5.06. The van der Waals surface area contributed by atoms with E-state index in [0.717, 1.165) is 5.25 Å². The van der Waals surface area contributed by atoms with Gasteiger partial charge in [0, 0.05) is 10.5 Å². The fourth-order valence-corrected chi connectivity index (χ4v) is 2.25. The number of allylic oxidation sites excluding steroid dienone is 1. The lowest BCUT2D eigenvalue weighted by atomic mass is 10.3. The first-order valence-corrected chi connectivity index (χ1v) is 5.31. The standard InChI is InChI=1S/C10H20S/c1-6-9(4)11-10(5)7-8(2)3/h7,9-10H,6H2,1-5H3. The van der Waals surface area contributed by atoms with Crippen LogP contribution in [0.5, 0.6) is 0 Å². The van der Waals surface area contributed by atoms with E-state index in [4.69, 9.17) is 0 Å². The Morgan fingerprint density at radius 2 is 1.91 bits per heavy atom. The summed E-state index contributed by atoms with van der Waals surface area (Å²) in [4.78, 5) is 0. The van der Waals surface area contributed by atoms with Gasteiger partial charge in [0.05, 0.1) is 0 Å². The zero-order valence-electron chi connectivity index (χ0n) is 8.35. The quantitative estimate of drug-likeness (QED) is 0.580. The van der Waals surface area contributed by atoms with Gasteiger partial charge in [-0.05, 0) is 27.2 Å². The second kappa shape index (κ2) is 5.70. The highest BCUT2D eigenvalue weighted by Gasteiger charge is 2.03. The van der Waals surface area contributed by atoms with Crippen molar-refractivity contribution >= 4 is 11.8 Å². The van der Waals surface area contributed by atoms with E-state index in [1.165, 1.54) is 12.0 Å². The number of hydrogen-bond acceptors (Lipinski definition) is 1. The lowest BCUT2D eigenvalue weighted by molar-refractivity contribution is 0.901. The lowest BCUT2D eigenvalue weighted by Crippen LogP contribution is -2.00. The third kappa shape index (κ3) is 6.49. The summed E-state index contributed by atoms with van der Waals surface area (Å²) in [7, 11) is 0. The zero-order valence-corrected chi connectivity index (χ0v) is 9.16. The molecule has 2 unspecified atom stereocenters. The molecule has 0 nitrogen and oxygen atoms in total. The van der Waals surface area contributed by atoms with Gasteiger partial charge >= 0.3 is 0 Å². The second-order valence-corrected chi connectivity index (χ2v) is 5.12. The minimum absolute atomic E-state index is 0.676. The van der Waals surface area contributed by atoms with Gasteiger partial charge < -0.3 is 0 Å². The Morgan fingerprint density at radius 3 is 2.27 bits per heavy atom. The summed E-state index contributed by atoms with van der Waals surface area (Å²) in [5.41, 5.74) is 1.42. The van der Waals surface area contributed by atoms with Crippen molar-refractivity contribution in [3.8, 4) is 0 Å². The van der Waals surface area contributed by atoms with Gasteiger partial charge in [-0.1, -0.05) is 25.5 Å². The Labute approximate surface area is 75.5 Å². The van der Waals surface area contributed by atoms with E-state index in [0.29, 0.717) is 5.25 Å². The highest BCUT2D eigenvalue weighted by Crippen LogP contribution is 2.21. The molecule has 0 bridgehead atoms. The Hall–Kier alpha value is 0.0900. The predicted octanol–water partition coefficient (Wildman–Crippen LogP) is 3.87. The Kier molecular flexibility index (Phi) is 5.75. The minimum Gasteiger partial charge on any atom is -0.152 e. The zero-order chi connectivity index (χ0) is 8.85. The Bertz CT molecular complexity index is 123. The molecular formula is C10H20S. The van der Waals surface area contributed by atoms with Gasteiger partial charge in [-0.2, -0.15) is 11.8 Å². The molecule has 66 valence electrons. The second-order valence-electron chi connectivity index (χ2n) is 3.30. The summed E-state index contributed by atoms with van der Waals surface area (Å²) >= 11 is 2.05. The average Bonchev–Trinajstić information content (AvgIpc) is 1.85. The van der Waals surface area contributed by atoms with Crippen LogP contribution >= 0.6 is 11.8 Å². The maximum atomic E-state index is 2.33. The van der Waals surface area contributed by atoms with Gasteiger partial charge in [-0.3, -0.25) is 0 Å². The SMILES string of the molecule is CCC(C)SC(C)C=C(C)C. The monoisotopic (exact) mass is 172 g/mol. The number of thioether (sulfide) groups is 1. The highest BCUT2D eigenvalue weighted by atomic mass is 32.2. The fourth-order valence-electron chi connectivity index (χ4n) is 0.971. The van der Waals surface area contributed by atoms with Gasteiger partial charge in [0.2, 0.25) is 0 Å². The molecule has 0 aromatic rings. The molecule has 0 saturated carbocycles. The van der Waals surface area contributed by atoms with E-state index >= 15 is 0 Å². The van der Waals surface area contributed by atoms with Gasteiger partial charge in [-0.25, -0.2) is 0 Å². The molecule has 0 aliphatic carbocycles. The molecule has 0 radical (unpaired) electrons. The maximum Gasteiger partial charge on any atom is 0.0203 e. The summed E-state index contributed by atoms with van der Waals surface area (Å²) in [6.07, 6.45) is 3.60. The van der Waals surface area contributed by atoms with Crippen molar-refractivity contribution in [2.45, 2.75) is 51.5 Å². The molecule has 2 atom stereocenters. The molecule has 0 N–H and O–H groups in total. The van der Waals surface area contributed by atoms with Crippen molar-refractivity contribution in [3.63, 3.8) is 0 Å². The lowest BCUT2D eigenvalue weighted by Gasteiger charge is -2.12. The van der Waals surface area contributed by atoms with Crippen LogP contribution < -0.4 is 0 Å². The predicted molar refractivity (Wildman–Crippen MR) is 56.2 cm³/mol. The topological polar surface area (TPSA) is 0 Å². The van der Waals surface area contributed by atoms with Crippen LogP contribution in [0, 0.1) is 0 Å². The molecule has 0 spiro atoms. The van der Waals surface area contributed by atoms with E-state index < -0.39 is 0 Å². The summed E-state index contributed by atoms with van der Waals surface area (Å²) in [5.74, 6) is 0. The Balaban J connectivity index is 3.69. The van der Waals surface area contributed by atoms with Crippen molar-refractivity contribution in [3.05, 3.63) is 11.6 Å². The number of hydrogen-bond donors (Lipinski definition) is 0. The smallest absolute Gasteiger partial charge is 0.0203 e. The van der Waals surface area contributed by atoms with Crippen LogP contribution in [0.4, 0.5) is 0 Å². The summed E-state index contributed by atoms with van der Waals surface area (Å²) in [6.45, 7) is 11.1. The molecule has 11 heavy (non-hydrogen) atoms. The molecule has 0 aromatic carbocycles. The van der Waals surface area contributed by atoms with Crippen LogP contribution in [0.2, 0.25) is 0 Å². The van der Waals surface area contributed by atoms with Crippen molar-refractivity contribution in [2.24, 2.45) is 0 Å². The third-order valence-corrected chi connectivity index (χ3v) is 2.95. The van der Waals surface area contributed by atoms with Gasteiger partial charge in [0.1, 0.15) is 0 Å². The first kappa shape index (κ1) is 11.1. The average molecular weight is 172 g/mol. The van der Waals surface area contributed by atoms with Crippen molar-refractivity contribution in [2.75, 3.05) is 0 Å². The van der Waals surface area contributed by atoms with E-state index in [1.807, 2.05) is 0 Å². The van der Waals surface area contributed by atoms with E-state index in [1.54, 1.807) is 0 Å². The molecular weight excluding hydrogens is 152 g/mol. The molecule has 0 saturated heterocycles. The van der Waals surface area contributed by atoms with Crippen molar-refractivity contribution in [1.82, 2.24) is 0 Å². The molecule has 0 rings (SSSR count). The fraction of sp³-hybridized carbons (Fsp3) is 0.800. The van der Waals surface area contributed by atoms with E-state index in [-0.39, 0.29) is 0 Å². The largest absolute Gasteiger partial charge is 0.152 e. The van der Waals surface area contributed by atoms with Gasteiger partial charge in [0.25, 0.3) is 0 Å². The van der Waals surface area contributed by atoms with Gasteiger partial charge in [0.15, 0.2) is 0 Å². The molecule has 0 amide bonds. The van der Waals surface area contributed by atoms with Crippen molar-refractivity contribution < 1.29 is 0 Å². The van der Waals surface area contributed by atoms with Crippen LogP contribution in [0.25, 0.3) is 0 Å². The first-order valence-electron chi connectivity index (χ1n) is 4.36. The molecule has 0 aliphatic heterocycles. The normalized spacial score (nSPS) is 15.7. The minimum atomic E-state index is 0.676. The molecule has 0 fully saturated rings. The maximum absolute atomic E-state index is 2.33. The van der Waals surface area contributed by atoms with Crippen LogP contribution in [0.3, 0.4) is 0 Å². The van der Waals surface area contributed by atoms with E-state index in [9.17, 15) is 0 Å². The molecule has 0 aliphatic rings. The van der Waals surface area contributed by atoms with E-state index in [2.05, 4.69) is 52.5 Å². The third-order valence-electron chi connectivity index (χ3n) is 1.59. The summed E-state index contributed by atoms with van der Waals surface area (Å²) < 4.78 is 0. The van der Waals surface area contributed by atoms with Crippen LogP contribution in [-0.2, 0) is 0 Å². The van der Waals surface area contributed by atoms with Crippen LogP contribution in [-0.4, -0.2) is 10.5 Å². The molecule has 0 heterocycles. The highest BCUT2D eigenvalue weighted by molar-refractivity contribution is 8.00. The van der Waals surface area contributed by atoms with Gasteiger partial charge in [-0.15, -0.1) is 0 Å². The Morgan fingerprint density at radius 1 is 1.36 bits per heavy atom. The number of rotatable bonds is 4. The van der Waals surface area contributed by atoms with Crippen molar-refractivity contribution in [1.29, 1.82) is 0 Å². The summed E-state index contributed by atoms with van der Waals surface area (Å²) in [6, 6.07) is 0.